The number of aliphatic carboxylic acids is 1. The third kappa shape index (κ3) is 4.40. The van der Waals surface area contributed by atoms with Gasteiger partial charge in [0.05, 0.1) is 4.47 Å². The molecule has 0 aromatic heterocycles. The Balaban J connectivity index is 2.46. The van der Waals surface area contributed by atoms with Gasteiger partial charge >= 0.3 is 5.97 Å². The zero-order valence-electron chi connectivity index (χ0n) is 8.97. The molecule has 1 aromatic rings. The van der Waals surface area contributed by atoms with Crippen LogP contribution >= 0.6 is 15.9 Å². The van der Waals surface area contributed by atoms with Crippen molar-refractivity contribution in [3.63, 3.8) is 0 Å². The zero-order valence-corrected chi connectivity index (χ0v) is 10.6. The van der Waals surface area contributed by atoms with Crippen LogP contribution in [-0.4, -0.2) is 17.6 Å². The van der Waals surface area contributed by atoms with Gasteiger partial charge in [0.2, 0.25) is 0 Å². The molecule has 17 heavy (non-hydrogen) atoms. The van der Waals surface area contributed by atoms with Crippen molar-refractivity contribution in [2.75, 3.05) is 6.54 Å². The van der Waals surface area contributed by atoms with Gasteiger partial charge in [-0.15, -0.1) is 0 Å². The van der Waals surface area contributed by atoms with Gasteiger partial charge in [0, 0.05) is 18.5 Å². The van der Waals surface area contributed by atoms with Gasteiger partial charge < -0.3 is 10.4 Å². The van der Waals surface area contributed by atoms with Gasteiger partial charge in [0.1, 0.15) is 11.6 Å². The summed E-state index contributed by atoms with van der Waals surface area (Å²) in [5.41, 5.74) is -0.0466. The first-order chi connectivity index (χ1) is 8.02. The van der Waals surface area contributed by atoms with Crippen molar-refractivity contribution in [2.45, 2.75) is 19.4 Å². The van der Waals surface area contributed by atoms with Gasteiger partial charge in [-0.2, -0.15) is 0 Å². The molecule has 0 saturated heterocycles. The van der Waals surface area contributed by atoms with Crippen molar-refractivity contribution >= 4 is 21.9 Å². The summed E-state index contributed by atoms with van der Waals surface area (Å²) in [6, 6.07) is 2.49. The number of nitrogens with one attached hydrogen (secondary N) is 1. The molecule has 2 N–H and O–H groups in total. The summed E-state index contributed by atoms with van der Waals surface area (Å²) in [5.74, 6) is -2.13. The van der Waals surface area contributed by atoms with E-state index >= 15 is 0 Å². The molecule has 0 aliphatic heterocycles. The second kappa shape index (κ2) is 6.66. The molecule has 0 aliphatic rings. The van der Waals surface area contributed by atoms with Gasteiger partial charge in [-0.1, -0.05) is 0 Å². The lowest BCUT2D eigenvalue weighted by molar-refractivity contribution is -0.137. The predicted octanol–water partition coefficient (Wildman–Crippen LogP) is 2.68. The summed E-state index contributed by atoms with van der Waals surface area (Å²) in [7, 11) is 0. The molecule has 0 amide bonds. The molecule has 0 unspecified atom stereocenters. The topological polar surface area (TPSA) is 49.3 Å². The van der Waals surface area contributed by atoms with Crippen LogP contribution in [0.3, 0.4) is 0 Å². The fourth-order valence-electron chi connectivity index (χ4n) is 1.31. The van der Waals surface area contributed by atoms with Crippen molar-refractivity contribution in [1.82, 2.24) is 5.32 Å². The minimum atomic E-state index is -0.883. The molecule has 0 aliphatic carbocycles. The van der Waals surface area contributed by atoms with E-state index in [2.05, 4.69) is 21.2 Å². The molecule has 0 spiro atoms. The van der Waals surface area contributed by atoms with Gasteiger partial charge in [-0.3, -0.25) is 4.79 Å². The fourth-order valence-corrected chi connectivity index (χ4v) is 1.68. The van der Waals surface area contributed by atoms with Crippen LogP contribution in [0.5, 0.6) is 0 Å². The average molecular weight is 308 g/mol. The summed E-state index contributed by atoms with van der Waals surface area (Å²) in [6.07, 6.45) is 0.461. The van der Waals surface area contributed by atoms with Crippen molar-refractivity contribution in [3.05, 3.63) is 33.8 Å². The maximum absolute atomic E-state index is 13.5. The number of hydrogen-bond acceptors (Lipinski definition) is 2. The van der Waals surface area contributed by atoms with Crippen molar-refractivity contribution < 1.29 is 18.7 Å². The molecule has 0 heterocycles. The molecule has 6 heteroatoms. The van der Waals surface area contributed by atoms with E-state index in [0.29, 0.717) is 13.0 Å². The third-order valence-corrected chi connectivity index (χ3v) is 2.80. The number of halogens is 3. The number of benzene rings is 1. The molecule has 0 saturated carbocycles. The lowest BCUT2D eigenvalue weighted by Gasteiger charge is -2.07. The van der Waals surface area contributed by atoms with Crippen LogP contribution in [0.4, 0.5) is 8.78 Å². The predicted molar refractivity (Wildman–Crippen MR) is 62.6 cm³/mol. The first kappa shape index (κ1) is 14.1. The van der Waals surface area contributed by atoms with E-state index in [9.17, 15) is 13.6 Å². The Hall–Kier alpha value is -1.01. The van der Waals surface area contributed by atoms with Gasteiger partial charge in [0.15, 0.2) is 0 Å². The van der Waals surface area contributed by atoms with E-state index in [-0.39, 0.29) is 23.0 Å². The minimum absolute atomic E-state index is 0.0381. The molecule has 3 nitrogen and oxygen atoms in total. The van der Waals surface area contributed by atoms with Gasteiger partial charge in [-0.05, 0) is 41.0 Å². The summed E-state index contributed by atoms with van der Waals surface area (Å²) < 4.78 is 27.0. The van der Waals surface area contributed by atoms with Crippen LogP contribution in [-0.2, 0) is 11.3 Å². The minimum Gasteiger partial charge on any atom is -0.481 e. The molecule has 0 radical (unpaired) electrons. The number of carboxylic acids is 1. The molecule has 0 atom stereocenters. The quantitative estimate of drug-likeness (QED) is 0.627. The summed E-state index contributed by atoms with van der Waals surface area (Å²) in [5, 5.41) is 11.2. The molecule has 1 rings (SSSR count). The van der Waals surface area contributed by atoms with Crippen LogP contribution in [0, 0.1) is 11.6 Å². The largest absolute Gasteiger partial charge is 0.481 e. The standard InChI is InChI=1S/C11H12BrF2NO2/c12-8-3-4-9(13)7(11(8)14)6-15-5-1-2-10(16)17/h3-4,15H,1-2,5-6H2,(H,16,17). The molecular formula is C11H12BrF2NO2. The molecule has 0 bridgehead atoms. The Morgan fingerprint density at radius 2 is 2.12 bits per heavy atom. The summed E-state index contributed by atoms with van der Waals surface area (Å²) >= 11 is 2.97. The molecule has 0 fully saturated rings. The first-order valence-electron chi connectivity index (χ1n) is 5.07. The van der Waals surface area contributed by atoms with Crippen molar-refractivity contribution in [2.24, 2.45) is 0 Å². The Morgan fingerprint density at radius 1 is 1.41 bits per heavy atom. The van der Waals surface area contributed by atoms with E-state index in [1.165, 1.54) is 12.1 Å². The van der Waals surface area contributed by atoms with E-state index in [1.54, 1.807) is 0 Å². The number of rotatable bonds is 6. The van der Waals surface area contributed by atoms with Crippen LogP contribution in [0.15, 0.2) is 16.6 Å². The summed E-state index contributed by atoms with van der Waals surface area (Å²) in [4.78, 5) is 10.2. The highest BCUT2D eigenvalue weighted by atomic mass is 79.9. The third-order valence-electron chi connectivity index (χ3n) is 2.18. The van der Waals surface area contributed by atoms with Crippen molar-refractivity contribution in [1.29, 1.82) is 0 Å². The first-order valence-corrected chi connectivity index (χ1v) is 5.86. The van der Waals surface area contributed by atoms with Crippen LogP contribution < -0.4 is 5.32 Å². The van der Waals surface area contributed by atoms with E-state index in [0.717, 1.165) is 0 Å². The van der Waals surface area contributed by atoms with Crippen molar-refractivity contribution in [3.8, 4) is 0 Å². The van der Waals surface area contributed by atoms with E-state index in [4.69, 9.17) is 5.11 Å². The fraction of sp³-hybridized carbons (Fsp3) is 0.364. The lowest BCUT2D eigenvalue weighted by atomic mass is 10.2. The highest BCUT2D eigenvalue weighted by Crippen LogP contribution is 2.21. The lowest BCUT2D eigenvalue weighted by Crippen LogP contribution is -2.17. The number of carbonyl (C=O) groups is 1. The maximum Gasteiger partial charge on any atom is 0.303 e. The van der Waals surface area contributed by atoms with Crippen LogP contribution in [0.1, 0.15) is 18.4 Å². The molecule has 94 valence electrons. The number of carboxylic acid groups (broad SMARTS) is 1. The van der Waals surface area contributed by atoms with Crippen LogP contribution in [0.25, 0.3) is 0 Å². The second-order valence-corrected chi connectivity index (χ2v) is 4.35. The summed E-state index contributed by atoms with van der Waals surface area (Å²) in [6.45, 7) is 0.439. The van der Waals surface area contributed by atoms with Crippen LogP contribution in [0.2, 0.25) is 0 Å². The average Bonchev–Trinajstić information content (AvgIpc) is 2.27. The van der Waals surface area contributed by atoms with E-state index in [1.807, 2.05) is 0 Å². The highest BCUT2D eigenvalue weighted by Gasteiger charge is 2.11. The SMILES string of the molecule is O=C(O)CCCNCc1c(F)ccc(Br)c1F. The normalized spacial score (nSPS) is 10.5. The smallest absolute Gasteiger partial charge is 0.303 e. The highest BCUT2D eigenvalue weighted by molar-refractivity contribution is 9.10. The molecule has 1 aromatic carbocycles. The van der Waals surface area contributed by atoms with E-state index < -0.39 is 17.6 Å². The zero-order chi connectivity index (χ0) is 12.8. The van der Waals surface area contributed by atoms with Gasteiger partial charge in [0.25, 0.3) is 0 Å². The Labute approximate surface area is 106 Å². The Bertz CT molecular complexity index is 413. The Morgan fingerprint density at radius 3 is 2.76 bits per heavy atom. The Kier molecular flexibility index (Phi) is 5.50. The monoisotopic (exact) mass is 307 g/mol. The van der Waals surface area contributed by atoms with Gasteiger partial charge in [-0.25, -0.2) is 8.78 Å². The maximum atomic E-state index is 13.5. The number of hydrogen-bond donors (Lipinski definition) is 2. The molecular weight excluding hydrogens is 296 g/mol. The second-order valence-electron chi connectivity index (χ2n) is 3.50.